The highest BCUT2D eigenvalue weighted by Crippen LogP contribution is 2.42. The van der Waals surface area contributed by atoms with Gasteiger partial charge in [0.25, 0.3) is 0 Å². The number of benzene rings is 2. The predicted molar refractivity (Wildman–Crippen MR) is 180 cm³/mol. The lowest BCUT2D eigenvalue weighted by molar-refractivity contribution is -0.140. The summed E-state index contributed by atoms with van der Waals surface area (Å²) in [7, 11) is 1.60. The molecule has 4 heterocycles. The van der Waals surface area contributed by atoms with Crippen molar-refractivity contribution in [3.63, 3.8) is 0 Å². The third kappa shape index (κ3) is 9.03. The van der Waals surface area contributed by atoms with Crippen molar-refractivity contribution in [3.05, 3.63) is 70.2 Å². The minimum absolute atomic E-state index is 0. The number of alkyl halides is 2. The maximum atomic E-state index is 13.7. The third-order valence-electron chi connectivity index (χ3n) is 7.75. The Morgan fingerprint density at radius 1 is 1.16 bits per heavy atom. The van der Waals surface area contributed by atoms with E-state index in [0.717, 1.165) is 56.9 Å². The molecule has 2 aliphatic rings. The number of fused-ring (bicyclic) bond motifs is 1. The average Bonchev–Trinajstić information content (AvgIpc) is 3.32. The number of nitrogens with two attached hydrogens (primary N) is 1. The van der Waals surface area contributed by atoms with E-state index in [1.54, 1.807) is 13.2 Å². The van der Waals surface area contributed by atoms with E-state index in [0.29, 0.717) is 39.7 Å². The van der Waals surface area contributed by atoms with Gasteiger partial charge in [-0.15, -0.1) is 12.4 Å². The number of methoxy groups -OCH3 is 1. The van der Waals surface area contributed by atoms with Crippen molar-refractivity contribution in [1.82, 2.24) is 24.4 Å². The second kappa shape index (κ2) is 17.3. The maximum absolute atomic E-state index is 13.7. The number of aliphatic hydroxyl groups excluding tert-OH is 2. The number of nitrogens with one attached hydrogen (secondary N) is 1. The molecule has 0 spiro atoms. The largest absolute Gasteiger partial charge is 0.493 e. The van der Waals surface area contributed by atoms with Crippen LogP contribution in [0, 0.1) is 5.82 Å². The van der Waals surface area contributed by atoms with Crippen LogP contribution in [0.1, 0.15) is 12.6 Å². The summed E-state index contributed by atoms with van der Waals surface area (Å²) in [5.74, 6) is -2.52. The average molecular weight is 747 g/mol. The maximum Gasteiger partial charge on any atom is 0.351 e. The highest BCUT2D eigenvalue weighted by molar-refractivity contribution is 6.31. The summed E-state index contributed by atoms with van der Waals surface area (Å²) < 4.78 is 63.1. The Balaban J connectivity index is 0.000000253. The molecule has 0 bridgehead atoms. The minimum atomic E-state index is -3.71. The van der Waals surface area contributed by atoms with Crippen molar-refractivity contribution >= 4 is 52.2 Å². The van der Waals surface area contributed by atoms with E-state index < -0.39 is 42.5 Å². The lowest BCUT2D eigenvalue weighted by atomic mass is 10.1. The second-order valence-electron chi connectivity index (χ2n) is 11.0. The van der Waals surface area contributed by atoms with Gasteiger partial charge in [-0.05, 0) is 36.8 Å². The fourth-order valence-electron chi connectivity index (χ4n) is 5.16. The molecule has 5 N–H and O–H groups in total. The van der Waals surface area contributed by atoms with Gasteiger partial charge in [0.1, 0.15) is 29.9 Å². The molecule has 4 aromatic rings. The number of nitrogens with zero attached hydrogens (tertiary/aromatic N) is 5. The number of hydrogen-bond donors (Lipinski definition) is 4. The lowest BCUT2D eigenvalue weighted by Crippen LogP contribution is -2.41. The first-order valence-corrected chi connectivity index (χ1v) is 15.5. The van der Waals surface area contributed by atoms with Crippen molar-refractivity contribution in [3.8, 4) is 11.5 Å². The van der Waals surface area contributed by atoms with Crippen LogP contribution in [-0.4, -0.2) is 106 Å². The quantitative estimate of drug-likeness (QED) is 0.174. The molecule has 50 heavy (non-hydrogen) atoms. The van der Waals surface area contributed by atoms with Crippen LogP contribution in [0.5, 0.6) is 11.5 Å². The van der Waals surface area contributed by atoms with E-state index >= 15 is 0 Å². The Morgan fingerprint density at radius 2 is 1.92 bits per heavy atom. The summed E-state index contributed by atoms with van der Waals surface area (Å²) in [6.07, 6.45) is -2.34. The number of hydrogen-bond acceptors (Lipinski definition) is 13. The first-order chi connectivity index (χ1) is 23.5. The molecule has 2 fully saturated rings. The molecule has 2 aliphatic heterocycles. The molecule has 2 aromatic carbocycles. The molecule has 14 nitrogen and oxygen atoms in total. The summed E-state index contributed by atoms with van der Waals surface area (Å²) in [5.41, 5.74) is 5.53. The van der Waals surface area contributed by atoms with Gasteiger partial charge in [0.2, 0.25) is 6.23 Å². The fourth-order valence-corrected chi connectivity index (χ4v) is 5.35. The molecule has 19 heteroatoms. The molecule has 6 rings (SSSR count). The van der Waals surface area contributed by atoms with Gasteiger partial charge >= 0.3 is 11.6 Å². The van der Waals surface area contributed by atoms with Crippen LogP contribution < -0.4 is 26.2 Å². The SMILES string of the molecule is COc1cc2ncnc(Nc3ccc(F)c(Cl)c3)c2cc1OCCCN1CCOCC1.Cl.Nc1ccn([C@@H]2O[C@H](CO)[C@@H](O)C2(F)F)c(=O)n1. The van der Waals surface area contributed by atoms with Crippen molar-refractivity contribution in [1.29, 1.82) is 0 Å². The topological polar surface area (TPSA) is 179 Å². The minimum Gasteiger partial charge on any atom is -0.493 e. The van der Waals surface area contributed by atoms with Crippen LogP contribution >= 0.6 is 24.0 Å². The summed E-state index contributed by atoms with van der Waals surface area (Å²) in [4.78, 5) is 25.8. The molecule has 2 aromatic heterocycles. The monoisotopic (exact) mass is 745 g/mol. The number of halogens is 5. The number of ether oxygens (including phenoxy) is 4. The van der Waals surface area contributed by atoms with Crippen LogP contribution in [0.15, 0.2) is 53.7 Å². The lowest BCUT2D eigenvalue weighted by Gasteiger charge is -2.26. The molecule has 0 unspecified atom stereocenters. The number of anilines is 3. The second-order valence-corrected chi connectivity index (χ2v) is 11.4. The van der Waals surface area contributed by atoms with Crippen LogP contribution in [0.3, 0.4) is 0 Å². The van der Waals surface area contributed by atoms with Gasteiger partial charge in [-0.1, -0.05) is 11.6 Å². The molecule has 0 saturated carbocycles. The highest BCUT2D eigenvalue weighted by Gasteiger charge is 2.59. The predicted octanol–water partition coefficient (Wildman–Crippen LogP) is 3.41. The van der Waals surface area contributed by atoms with E-state index in [2.05, 4.69) is 25.2 Å². The van der Waals surface area contributed by atoms with Gasteiger partial charge in [-0.3, -0.25) is 9.47 Å². The Kier molecular flexibility index (Phi) is 13.4. The van der Waals surface area contributed by atoms with E-state index in [4.69, 9.17) is 41.4 Å². The molecule has 272 valence electrons. The van der Waals surface area contributed by atoms with Crippen molar-refractivity contribution in [2.75, 3.05) is 64.2 Å². The normalized spacial score (nSPS) is 20.0. The van der Waals surface area contributed by atoms with Crippen molar-refractivity contribution < 1.29 is 42.3 Å². The standard InChI is InChI=1S/C22H24ClFN4O3.C9H11F2N3O4.ClH/c1-29-20-13-19-16(12-21(20)31-8-2-5-28-6-9-30-10-7-28)22(26-14-25-19)27-15-3-4-18(24)17(23)11-15;10-9(11)6(16)4(3-15)18-7(9)14-2-1-5(12)13-8(14)17;/h3-4,11-14H,2,5-10H2,1H3,(H,25,26,27);1-2,4,6-7,15-16H,3H2,(H2,12,13,17);1H/t;4-,6-,7-;/m.1./s1. The molecule has 3 atom stereocenters. The zero-order valence-electron chi connectivity index (χ0n) is 26.7. The number of morpholine rings is 1. The van der Waals surface area contributed by atoms with Gasteiger partial charge in [0, 0.05) is 43.0 Å². The first kappa shape index (κ1) is 38.8. The molecule has 0 radical (unpaired) electrons. The number of rotatable bonds is 10. The van der Waals surface area contributed by atoms with Crippen LogP contribution in [-0.2, 0) is 9.47 Å². The summed E-state index contributed by atoms with van der Waals surface area (Å²) >= 11 is 5.90. The zero-order valence-corrected chi connectivity index (χ0v) is 28.2. The number of aromatic nitrogens is 4. The van der Waals surface area contributed by atoms with E-state index in [-0.39, 0.29) is 23.2 Å². The summed E-state index contributed by atoms with van der Waals surface area (Å²) in [6.45, 7) is 4.22. The zero-order chi connectivity index (χ0) is 35.1. The number of aliphatic hydroxyl groups is 2. The Hall–Kier alpha value is -3.97. The first-order valence-electron chi connectivity index (χ1n) is 15.2. The van der Waals surface area contributed by atoms with E-state index in [9.17, 15) is 23.1 Å². The van der Waals surface area contributed by atoms with Crippen LogP contribution in [0.4, 0.5) is 30.5 Å². The van der Waals surface area contributed by atoms with Crippen molar-refractivity contribution in [2.24, 2.45) is 0 Å². The molecule has 0 aliphatic carbocycles. The molecule has 2 saturated heterocycles. The van der Waals surface area contributed by atoms with Gasteiger partial charge in [0.15, 0.2) is 17.6 Å². The number of nitrogen functional groups attached to an aromatic ring is 1. The van der Waals surface area contributed by atoms with Gasteiger partial charge < -0.3 is 40.2 Å². The van der Waals surface area contributed by atoms with Crippen LogP contribution in [0.25, 0.3) is 10.9 Å². The summed E-state index contributed by atoms with van der Waals surface area (Å²) in [6, 6.07) is 9.24. The highest BCUT2D eigenvalue weighted by atomic mass is 35.5. The Bertz CT molecular complexity index is 1800. The molecular formula is C31H36Cl2F3N7O7. The summed E-state index contributed by atoms with van der Waals surface area (Å²) in [5, 5.41) is 22.1. The molecular weight excluding hydrogens is 710 g/mol. The van der Waals surface area contributed by atoms with E-state index in [1.807, 2.05) is 12.1 Å². The third-order valence-corrected chi connectivity index (χ3v) is 8.04. The Morgan fingerprint density at radius 3 is 2.58 bits per heavy atom. The smallest absolute Gasteiger partial charge is 0.351 e. The van der Waals surface area contributed by atoms with Gasteiger partial charge in [-0.2, -0.15) is 13.8 Å². The van der Waals surface area contributed by atoms with Crippen molar-refractivity contribution in [2.45, 2.75) is 30.8 Å². The fraction of sp³-hybridized carbons (Fsp3) is 0.419. The molecule has 0 amide bonds. The van der Waals surface area contributed by atoms with E-state index in [1.165, 1.54) is 18.5 Å². The van der Waals surface area contributed by atoms with Crippen LogP contribution in [0.2, 0.25) is 5.02 Å². The van der Waals surface area contributed by atoms with Gasteiger partial charge in [0.05, 0.1) is 44.1 Å². The Labute approximate surface area is 295 Å². The van der Waals surface area contributed by atoms with Gasteiger partial charge in [-0.25, -0.2) is 19.2 Å².